The number of amides is 1. The standard InChI is InChI=1S/C28H32F5N5O3S/c29-27(30,20-5-7-21(8-6-20)28(31,32)33)25(26(39)37-13-11-22(34)12-14-37)36-42(40,41)23-9-10-24-19(15-23)16-35-38(24)17-18-3-1-2-4-18/h5-10,15-16,18,22,25,36H,1-4,11-14,17,34H2/t25-/m0/s1. The van der Waals surface area contributed by atoms with Crippen molar-refractivity contribution in [3.05, 3.63) is 59.8 Å². The van der Waals surface area contributed by atoms with Crippen molar-refractivity contribution >= 4 is 26.8 Å². The van der Waals surface area contributed by atoms with Gasteiger partial charge in [0.1, 0.15) is 0 Å². The number of aromatic nitrogens is 2. The van der Waals surface area contributed by atoms with Gasteiger partial charge in [-0.3, -0.25) is 9.48 Å². The Kier molecular flexibility index (Phi) is 8.33. The number of hydrogen-bond donors (Lipinski definition) is 2. The van der Waals surface area contributed by atoms with Gasteiger partial charge in [-0.05, 0) is 61.9 Å². The van der Waals surface area contributed by atoms with Gasteiger partial charge in [0.2, 0.25) is 15.9 Å². The Balaban J connectivity index is 1.45. The summed E-state index contributed by atoms with van der Waals surface area (Å²) in [5.74, 6) is -4.91. The molecule has 42 heavy (non-hydrogen) atoms. The molecule has 5 rings (SSSR count). The molecule has 14 heteroatoms. The minimum atomic E-state index is -4.76. The SMILES string of the molecule is NC1CCN(C(=O)[C@H](NS(=O)(=O)c2ccc3c(cnn3CC3CCCC3)c2)C(F)(F)c2ccc(C(F)(F)F)cc2)CC1. The summed E-state index contributed by atoms with van der Waals surface area (Å²) in [6, 6.07) is 3.29. The fourth-order valence-electron chi connectivity index (χ4n) is 5.67. The van der Waals surface area contributed by atoms with Crippen LogP contribution < -0.4 is 10.5 Å². The number of hydrogen-bond acceptors (Lipinski definition) is 5. The monoisotopic (exact) mass is 613 g/mol. The fraction of sp³-hybridized carbons (Fsp3) is 0.500. The van der Waals surface area contributed by atoms with Gasteiger partial charge < -0.3 is 10.6 Å². The van der Waals surface area contributed by atoms with Crippen LogP contribution in [0.5, 0.6) is 0 Å². The summed E-state index contributed by atoms with van der Waals surface area (Å²) >= 11 is 0. The molecule has 1 aliphatic carbocycles. The average Bonchev–Trinajstić information content (AvgIpc) is 3.61. The molecule has 3 aromatic rings. The molecule has 228 valence electrons. The number of nitrogens with one attached hydrogen (secondary N) is 1. The molecule has 0 radical (unpaired) electrons. The predicted octanol–water partition coefficient (Wildman–Crippen LogP) is 4.63. The number of piperidine rings is 1. The number of nitrogens with zero attached hydrogens (tertiary/aromatic N) is 3. The summed E-state index contributed by atoms with van der Waals surface area (Å²) in [5, 5.41) is 4.86. The van der Waals surface area contributed by atoms with E-state index in [0.717, 1.165) is 30.6 Å². The van der Waals surface area contributed by atoms with Gasteiger partial charge in [-0.15, -0.1) is 0 Å². The van der Waals surface area contributed by atoms with Crippen LogP contribution in [0.1, 0.15) is 49.7 Å². The molecule has 0 unspecified atom stereocenters. The maximum absolute atomic E-state index is 15.9. The third-order valence-corrected chi connectivity index (χ3v) is 9.58. The van der Waals surface area contributed by atoms with Crippen LogP contribution in [0, 0.1) is 5.92 Å². The number of carbonyl (C=O) groups excluding carboxylic acids is 1. The van der Waals surface area contributed by atoms with Gasteiger partial charge in [-0.1, -0.05) is 25.0 Å². The maximum atomic E-state index is 15.9. The van der Waals surface area contributed by atoms with E-state index >= 15 is 8.78 Å². The smallest absolute Gasteiger partial charge is 0.341 e. The molecule has 1 aliphatic heterocycles. The Morgan fingerprint density at radius 1 is 0.976 bits per heavy atom. The third kappa shape index (κ3) is 6.30. The Morgan fingerprint density at radius 2 is 1.60 bits per heavy atom. The van der Waals surface area contributed by atoms with Crippen molar-refractivity contribution in [1.29, 1.82) is 0 Å². The summed E-state index contributed by atoms with van der Waals surface area (Å²) in [5.41, 5.74) is 4.47. The first-order valence-electron chi connectivity index (χ1n) is 13.8. The van der Waals surface area contributed by atoms with Crippen LogP contribution in [0.25, 0.3) is 10.9 Å². The summed E-state index contributed by atoms with van der Waals surface area (Å²) in [7, 11) is -4.70. The lowest BCUT2D eigenvalue weighted by molar-refractivity contribution is -0.145. The van der Waals surface area contributed by atoms with E-state index < -0.39 is 45.2 Å². The number of carbonyl (C=O) groups is 1. The molecule has 0 spiro atoms. The van der Waals surface area contributed by atoms with Gasteiger partial charge in [-0.25, -0.2) is 8.42 Å². The number of benzene rings is 2. The third-order valence-electron chi connectivity index (χ3n) is 8.16. The van der Waals surface area contributed by atoms with E-state index in [1.165, 1.54) is 18.3 Å². The highest BCUT2D eigenvalue weighted by Crippen LogP contribution is 2.37. The first-order valence-corrected chi connectivity index (χ1v) is 15.3. The number of sulfonamides is 1. The van der Waals surface area contributed by atoms with Gasteiger partial charge in [0.15, 0.2) is 6.04 Å². The fourth-order valence-corrected chi connectivity index (χ4v) is 6.89. The van der Waals surface area contributed by atoms with E-state index in [2.05, 4.69) is 5.10 Å². The second-order valence-electron chi connectivity index (χ2n) is 11.1. The van der Waals surface area contributed by atoms with Crippen LogP contribution in [0.4, 0.5) is 22.0 Å². The zero-order valence-corrected chi connectivity index (χ0v) is 23.5. The zero-order chi connectivity index (χ0) is 30.3. The molecule has 0 bridgehead atoms. The predicted molar refractivity (Wildman–Crippen MR) is 145 cm³/mol. The number of fused-ring (bicyclic) bond motifs is 1. The van der Waals surface area contributed by atoms with Crippen LogP contribution in [0.3, 0.4) is 0 Å². The Bertz CT molecular complexity index is 1530. The highest BCUT2D eigenvalue weighted by molar-refractivity contribution is 7.89. The van der Waals surface area contributed by atoms with E-state index in [9.17, 15) is 26.4 Å². The minimum Gasteiger partial charge on any atom is -0.341 e. The normalized spacial score (nSPS) is 18.6. The van der Waals surface area contributed by atoms with Crippen LogP contribution in [0.15, 0.2) is 53.6 Å². The van der Waals surface area contributed by atoms with Crippen LogP contribution >= 0.6 is 0 Å². The first kappa shape index (κ1) is 30.4. The molecule has 8 nitrogen and oxygen atoms in total. The number of rotatable bonds is 8. The van der Waals surface area contributed by atoms with Crippen molar-refractivity contribution in [2.24, 2.45) is 11.7 Å². The summed E-state index contributed by atoms with van der Waals surface area (Å²) in [6.07, 6.45) is 1.88. The van der Waals surface area contributed by atoms with Crippen molar-refractivity contribution in [1.82, 2.24) is 19.4 Å². The minimum absolute atomic E-state index is 0.0352. The van der Waals surface area contributed by atoms with Crippen molar-refractivity contribution in [3.8, 4) is 0 Å². The molecule has 2 heterocycles. The van der Waals surface area contributed by atoms with Gasteiger partial charge in [0, 0.05) is 36.6 Å². The first-order chi connectivity index (χ1) is 19.8. The molecule has 1 atom stereocenters. The molecule has 1 saturated carbocycles. The van der Waals surface area contributed by atoms with Crippen LogP contribution in [0.2, 0.25) is 0 Å². The van der Waals surface area contributed by atoms with Crippen molar-refractivity contribution in [2.75, 3.05) is 13.1 Å². The van der Waals surface area contributed by atoms with Crippen LogP contribution in [-0.2, 0) is 33.5 Å². The summed E-state index contributed by atoms with van der Waals surface area (Å²) in [4.78, 5) is 14.2. The van der Waals surface area contributed by atoms with Gasteiger partial charge in [-0.2, -0.15) is 31.8 Å². The summed E-state index contributed by atoms with van der Waals surface area (Å²) < 4.78 is 102. The largest absolute Gasteiger partial charge is 0.416 e. The van der Waals surface area contributed by atoms with Gasteiger partial charge in [0.25, 0.3) is 5.92 Å². The lowest BCUT2D eigenvalue weighted by Gasteiger charge is -2.35. The average molecular weight is 614 g/mol. The Hall–Kier alpha value is -3.10. The molecule has 3 N–H and O–H groups in total. The maximum Gasteiger partial charge on any atom is 0.416 e. The van der Waals surface area contributed by atoms with E-state index in [1.807, 2.05) is 4.72 Å². The lowest BCUT2D eigenvalue weighted by atomic mass is 9.97. The van der Waals surface area contributed by atoms with Crippen molar-refractivity contribution in [3.63, 3.8) is 0 Å². The molecule has 2 aromatic carbocycles. The highest BCUT2D eigenvalue weighted by atomic mass is 32.2. The number of likely N-dealkylation sites (tertiary alicyclic amines) is 1. The second kappa shape index (κ2) is 11.5. The lowest BCUT2D eigenvalue weighted by Crippen LogP contribution is -2.58. The van der Waals surface area contributed by atoms with E-state index in [4.69, 9.17) is 5.73 Å². The number of alkyl halides is 5. The van der Waals surface area contributed by atoms with Crippen LogP contribution in [-0.4, -0.2) is 54.2 Å². The van der Waals surface area contributed by atoms with Gasteiger partial charge >= 0.3 is 6.18 Å². The van der Waals surface area contributed by atoms with Gasteiger partial charge in [0.05, 0.1) is 22.2 Å². The van der Waals surface area contributed by atoms with E-state index in [0.29, 0.717) is 60.5 Å². The quantitative estimate of drug-likeness (QED) is 0.360. The van der Waals surface area contributed by atoms with E-state index in [1.54, 1.807) is 10.7 Å². The zero-order valence-electron chi connectivity index (χ0n) is 22.7. The summed E-state index contributed by atoms with van der Waals surface area (Å²) in [6.45, 7) is 0.754. The topological polar surface area (TPSA) is 110 Å². The molecule has 1 saturated heterocycles. The highest BCUT2D eigenvalue weighted by Gasteiger charge is 2.50. The second-order valence-corrected chi connectivity index (χ2v) is 12.8. The number of nitrogens with two attached hydrogens (primary N) is 1. The molecule has 1 amide bonds. The number of halogens is 5. The molecule has 1 aromatic heterocycles. The molecular weight excluding hydrogens is 581 g/mol. The van der Waals surface area contributed by atoms with E-state index in [-0.39, 0.29) is 24.0 Å². The Morgan fingerprint density at radius 3 is 2.21 bits per heavy atom. The molecule has 2 fully saturated rings. The molecule has 2 aliphatic rings. The Labute approximate surface area is 240 Å². The molecular formula is C28H32F5N5O3S. The van der Waals surface area contributed by atoms with Crippen molar-refractivity contribution < 1.29 is 35.2 Å². The van der Waals surface area contributed by atoms with Crippen molar-refractivity contribution in [2.45, 2.75) is 74.1 Å².